The van der Waals surface area contributed by atoms with Crippen molar-refractivity contribution in [2.75, 3.05) is 25.2 Å². The molecule has 1 aromatic heterocycles. The number of carbonyl (C=O) groups is 2. The van der Waals surface area contributed by atoms with Gasteiger partial charge >= 0.3 is 5.97 Å². The van der Waals surface area contributed by atoms with E-state index in [0.717, 1.165) is 5.56 Å². The van der Waals surface area contributed by atoms with Crippen molar-refractivity contribution in [1.82, 2.24) is 14.7 Å². The average molecular weight is 466 g/mol. The summed E-state index contributed by atoms with van der Waals surface area (Å²) in [6.45, 7) is 1.82. The zero-order chi connectivity index (χ0) is 22.6. The number of sulfone groups is 1. The van der Waals surface area contributed by atoms with E-state index in [1.165, 1.54) is 24.1 Å². The minimum absolute atomic E-state index is 0.0617. The van der Waals surface area contributed by atoms with Crippen LogP contribution in [0.15, 0.2) is 36.4 Å². The number of nitrogens with zero attached hydrogens (tertiary/aromatic N) is 3. The summed E-state index contributed by atoms with van der Waals surface area (Å²) in [6, 6.07) is 9.34. The Kier molecular flexibility index (Phi) is 7.17. The van der Waals surface area contributed by atoms with Crippen LogP contribution in [0.25, 0.3) is 6.08 Å². The van der Waals surface area contributed by atoms with Crippen LogP contribution in [0, 0.1) is 6.92 Å². The highest BCUT2D eigenvalue weighted by atomic mass is 35.5. The molecule has 3 rings (SSSR count). The van der Waals surface area contributed by atoms with Gasteiger partial charge in [-0.1, -0.05) is 41.9 Å². The Hall–Kier alpha value is -2.65. The molecule has 1 fully saturated rings. The third-order valence-electron chi connectivity index (χ3n) is 5.16. The molecule has 2 aromatic rings. The molecule has 2 heterocycles. The number of ether oxygens (including phenoxy) is 1. The van der Waals surface area contributed by atoms with Crippen molar-refractivity contribution >= 4 is 39.4 Å². The molecule has 0 aliphatic carbocycles. The fourth-order valence-electron chi connectivity index (χ4n) is 3.34. The number of hydrogen-bond donors (Lipinski definition) is 0. The molecule has 0 unspecified atom stereocenters. The van der Waals surface area contributed by atoms with E-state index in [2.05, 4.69) is 5.10 Å². The molecule has 1 amide bonds. The molecule has 10 heteroatoms. The molecule has 1 aliphatic rings. The lowest BCUT2D eigenvalue weighted by Crippen LogP contribution is -2.40. The minimum atomic E-state index is -3.10. The average Bonchev–Trinajstić information content (AvgIpc) is 3.23. The monoisotopic (exact) mass is 465 g/mol. The lowest BCUT2D eigenvalue weighted by Gasteiger charge is -2.22. The highest BCUT2D eigenvalue weighted by Crippen LogP contribution is 2.22. The minimum Gasteiger partial charge on any atom is -0.452 e. The van der Waals surface area contributed by atoms with E-state index in [-0.39, 0.29) is 17.5 Å². The Bertz CT molecular complexity index is 1100. The van der Waals surface area contributed by atoms with Crippen LogP contribution in [0.5, 0.6) is 0 Å². The number of aryl methyl sites for hydroxylation is 1. The van der Waals surface area contributed by atoms with Gasteiger partial charge in [0.15, 0.2) is 16.4 Å². The van der Waals surface area contributed by atoms with Crippen LogP contribution in [-0.2, 0) is 30.7 Å². The van der Waals surface area contributed by atoms with E-state index in [1.807, 2.05) is 30.3 Å². The molecule has 8 nitrogen and oxygen atoms in total. The number of hydrogen-bond acceptors (Lipinski definition) is 6. The fraction of sp³-hybridized carbons (Fsp3) is 0.381. The maximum absolute atomic E-state index is 12.2. The SMILES string of the molecule is Cc1nn(Cc2ccccc2)c(Cl)c1/C=C/C(=O)OCC(=O)N(C)[C@@H]1CCS(=O)(=O)C1. The lowest BCUT2D eigenvalue weighted by atomic mass is 10.2. The lowest BCUT2D eigenvalue weighted by molar-refractivity contribution is -0.148. The molecule has 31 heavy (non-hydrogen) atoms. The normalized spacial score (nSPS) is 17.7. The van der Waals surface area contributed by atoms with Crippen LogP contribution >= 0.6 is 11.6 Å². The summed E-state index contributed by atoms with van der Waals surface area (Å²) in [4.78, 5) is 25.6. The maximum atomic E-state index is 12.2. The molecule has 166 valence electrons. The quantitative estimate of drug-likeness (QED) is 0.458. The second kappa shape index (κ2) is 9.65. The summed E-state index contributed by atoms with van der Waals surface area (Å²) in [5.74, 6) is -1.15. The zero-order valence-electron chi connectivity index (χ0n) is 17.3. The Balaban J connectivity index is 1.56. The molecule has 0 spiro atoms. The van der Waals surface area contributed by atoms with Crippen molar-refractivity contribution < 1.29 is 22.7 Å². The van der Waals surface area contributed by atoms with Crippen molar-refractivity contribution in [3.63, 3.8) is 0 Å². The summed E-state index contributed by atoms with van der Waals surface area (Å²) < 4.78 is 29.8. The highest BCUT2D eigenvalue weighted by molar-refractivity contribution is 7.91. The number of likely N-dealkylation sites (N-methyl/N-ethyl adjacent to an activating group) is 1. The van der Waals surface area contributed by atoms with Gasteiger partial charge in [-0.05, 0) is 25.0 Å². The van der Waals surface area contributed by atoms with Gasteiger partial charge in [-0.2, -0.15) is 5.10 Å². The van der Waals surface area contributed by atoms with Gasteiger partial charge in [0, 0.05) is 24.7 Å². The van der Waals surface area contributed by atoms with Crippen LogP contribution in [0.2, 0.25) is 5.15 Å². The predicted octanol–water partition coefficient (Wildman–Crippen LogP) is 2.10. The number of carbonyl (C=O) groups excluding carboxylic acids is 2. The molecular weight excluding hydrogens is 442 g/mol. The first-order valence-corrected chi connectivity index (χ1v) is 11.9. The Morgan fingerprint density at radius 2 is 2.03 bits per heavy atom. The molecule has 0 radical (unpaired) electrons. The van der Waals surface area contributed by atoms with E-state index in [0.29, 0.717) is 29.4 Å². The standard InChI is InChI=1S/C21H24ClN3O5S/c1-15-18(21(22)25(23-15)12-16-6-4-3-5-7-16)8-9-20(27)30-13-19(26)24(2)17-10-11-31(28,29)14-17/h3-9,17H,10-14H2,1-2H3/b9-8+/t17-/m1/s1. The number of aromatic nitrogens is 2. The summed E-state index contributed by atoms with van der Waals surface area (Å²) in [6.07, 6.45) is 3.09. The molecule has 1 saturated heterocycles. The van der Waals surface area contributed by atoms with Gasteiger partial charge in [0.05, 0.1) is 23.7 Å². The highest BCUT2D eigenvalue weighted by Gasteiger charge is 2.32. The summed E-state index contributed by atoms with van der Waals surface area (Å²) >= 11 is 6.42. The molecule has 0 saturated carbocycles. The third kappa shape index (κ3) is 5.95. The number of halogens is 1. The van der Waals surface area contributed by atoms with Crippen LogP contribution in [0.4, 0.5) is 0 Å². The summed E-state index contributed by atoms with van der Waals surface area (Å²) in [5, 5.41) is 4.80. The van der Waals surface area contributed by atoms with Crippen LogP contribution in [0.3, 0.4) is 0 Å². The van der Waals surface area contributed by atoms with Crippen molar-refractivity contribution in [1.29, 1.82) is 0 Å². The van der Waals surface area contributed by atoms with Crippen LogP contribution < -0.4 is 0 Å². The molecule has 1 atom stereocenters. The maximum Gasteiger partial charge on any atom is 0.331 e. The first-order valence-electron chi connectivity index (χ1n) is 9.74. The number of esters is 1. The van der Waals surface area contributed by atoms with E-state index in [4.69, 9.17) is 16.3 Å². The van der Waals surface area contributed by atoms with Gasteiger partial charge in [0.1, 0.15) is 5.15 Å². The van der Waals surface area contributed by atoms with Gasteiger partial charge < -0.3 is 9.64 Å². The van der Waals surface area contributed by atoms with Gasteiger partial charge in [-0.15, -0.1) is 0 Å². The van der Waals surface area contributed by atoms with Crippen molar-refractivity contribution in [3.05, 3.63) is 58.4 Å². The molecule has 0 bridgehead atoms. The van der Waals surface area contributed by atoms with E-state index in [1.54, 1.807) is 11.6 Å². The largest absolute Gasteiger partial charge is 0.452 e. The number of benzene rings is 1. The summed E-state index contributed by atoms with van der Waals surface area (Å²) in [5.41, 5.74) is 2.29. The molecular formula is C21H24ClN3O5S. The molecule has 1 aromatic carbocycles. The van der Waals surface area contributed by atoms with Crippen LogP contribution in [-0.4, -0.2) is 66.2 Å². The summed E-state index contributed by atoms with van der Waals surface area (Å²) in [7, 11) is -1.59. The third-order valence-corrected chi connectivity index (χ3v) is 7.31. The van der Waals surface area contributed by atoms with Gasteiger partial charge in [-0.25, -0.2) is 17.9 Å². The van der Waals surface area contributed by atoms with E-state index >= 15 is 0 Å². The first kappa shape index (κ1) is 23.0. The second-order valence-electron chi connectivity index (χ2n) is 7.44. The Labute approximate surface area is 186 Å². The second-order valence-corrected chi connectivity index (χ2v) is 10.0. The number of amides is 1. The van der Waals surface area contributed by atoms with Crippen molar-refractivity contribution in [3.8, 4) is 0 Å². The van der Waals surface area contributed by atoms with Gasteiger partial charge in [-0.3, -0.25) is 4.79 Å². The van der Waals surface area contributed by atoms with Crippen molar-refractivity contribution in [2.45, 2.75) is 25.9 Å². The topological polar surface area (TPSA) is 98.6 Å². The van der Waals surface area contributed by atoms with E-state index in [9.17, 15) is 18.0 Å². The van der Waals surface area contributed by atoms with E-state index < -0.39 is 28.3 Å². The first-order chi connectivity index (χ1) is 14.7. The fourth-order valence-corrected chi connectivity index (χ4v) is 5.41. The predicted molar refractivity (Wildman–Crippen MR) is 117 cm³/mol. The van der Waals surface area contributed by atoms with Gasteiger partial charge in [0.2, 0.25) is 0 Å². The van der Waals surface area contributed by atoms with Gasteiger partial charge in [0.25, 0.3) is 5.91 Å². The van der Waals surface area contributed by atoms with Crippen LogP contribution in [0.1, 0.15) is 23.2 Å². The van der Waals surface area contributed by atoms with Crippen molar-refractivity contribution in [2.24, 2.45) is 0 Å². The molecule has 0 N–H and O–H groups in total. The molecule has 1 aliphatic heterocycles. The smallest absolute Gasteiger partial charge is 0.331 e. The number of rotatable bonds is 7. The Morgan fingerprint density at radius 1 is 1.32 bits per heavy atom. The Morgan fingerprint density at radius 3 is 2.68 bits per heavy atom. The zero-order valence-corrected chi connectivity index (χ0v) is 18.9.